The van der Waals surface area contributed by atoms with Crippen molar-refractivity contribution in [3.63, 3.8) is 0 Å². The number of fused-ring (bicyclic) bond motifs is 3. The Morgan fingerprint density at radius 3 is 1.22 bits per heavy atom. The number of rotatable bonds is 7. The number of nitrogens with zero attached hydrogens (tertiary/aromatic N) is 4. The molecule has 7 aromatic carbocycles. The van der Waals surface area contributed by atoms with Gasteiger partial charge in [0.25, 0.3) is 0 Å². The molecule has 4 nitrogen and oxygen atoms in total. The maximum Gasteiger partial charge on any atom is 0.164 e. The average Bonchev–Trinajstić information content (AvgIpc) is 3.51. The Balaban J connectivity index is 1.09. The summed E-state index contributed by atoms with van der Waals surface area (Å²) in [5.41, 5.74) is 19.3. The van der Waals surface area contributed by atoms with Gasteiger partial charge in [0.15, 0.2) is 17.5 Å². The lowest BCUT2D eigenvalue weighted by Crippen LogP contribution is -2.14. The lowest BCUT2D eigenvalue weighted by atomic mass is 9.82. The van der Waals surface area contributed by atoms with E-state index in [1.54, 1.807) is 0 Å². The number of pyridine rings is 1. The van der Waals surface area contributed by atoms with E-state index >= 15 is 0 Å². The molecule has 0 aliphatic heterocycles. The molecule has 0 spiro atoms. The van der Waals surface area contributed by atoms with Gasteiger partial charge in [0, 0.05) is 33.5 Å². The summed E-state index contributed by atoms with van der Waals surface area (Å²) >= 11 is 0. The SMILES string of the molecule is Cc1cc(-c2ccc(-c3ccc(-c4cc(-c5ccc6c(c5)-c5ccccc5C6(C)C)cc(-c5nc(-c6ccccc6)nc(-c6ccccc6)n5)c4)cc3)cc2)cc(C)n1. The molecule has 0 N–H and O–H groups in total. The number of hydrogen-bond donors (Lipinski definition) is 0. The normalized spacial score (nSPS) is 12.5. The summed E-state index contributed by atoms with van der Waals surface area (Å²) in [6.07, 6.45) is 0. The largest absolute Gasteiger partial charge is 0.258 e. The summed E-state index contributed by atoms with van der Waals surface area (Å²) in [6, 6.07) is 64.8. The fraction of sp³-hybridized carbons (Fsp3) is 0.0909. The van der Waals surface area contributed by atoms with E-state index in [0.29, 0.717) is 17.5 Å². The molecule has 10 rings (SSSR count). The molecule has 4 heteroatoms. The first-order valence-electron chi connectivity index (χ1n) is 20.2. The van der Waals surface area contributed by atoms with Crippen molar-refractivity contribution in [3.8, 4) is 89.8 Å². The van der Waals surface area contributed by atoms with Crippen LogP contribution in [0.5, 0.6) is 0 Å². The minimum atomic E-state index is -0.0663. The van der Waals surface area contributed by atoms with E-state index in [9.17, 15) is 0 Å². The van der Waals surface area contributed by atoms with Gasteiger partial charge >= 0.3 is 0 Å². The highest BCUT2D eigenvalue weighted by Crippen LogP contribution is 2.49. The number of hydrogen-bond acceptors (Lipinski definition) is 4. The van der Waals surface area contributed by atoms with Crippen molar-refractivity contribution < 1.29 is 0 Å². The van der Waals surface area contributed by atoms with Crippen molar-refractivity contribution >= 4 is 0 Å². The van der Waals surface area contributed by atoms with Crippen LogP contribution in [0.25, 0.3) is 89.8 Å². The summed E-state index contributed by atoms with van der Waals surface area (Å²) in [7, 11) is 0. The highest BCUT2D eigenvalue weighted by molar-refractivity contribution is 5.87. The van der Waals surface area contributed by atoms with Crippen molar-refractivity contribution in [3.05, 3.63) is 205 Å². The van der Waals surface area contributed by atoms with Crippen molar-refractivity contribution in [2.24, 2.45) is 0 Å². The molecule has 2 heterocycles. The third kappa shape index (κ3) is 6.83. The summed E-state index contributed by atoms with van der Waals surface area (Å²) in [5.74, 6) is 1.91. The number of aryl methyl sites for hydroxylation is 2. The minimum absolute atomic E-state index is 0.0663. The monoisotopic (exact) mass is 758 g/mol. The molecule has 1 aliphatic carbocycles. The van der Waals surface area contributed by atoms with Crippen LogP contribution in [-0.4, -0.2) is 19.9 Å². The van der Waals surface area contributed by atoms with Crippen LogP contribution < -0.4 is 0 Å². The second-order valence-electron chi connectivity index (χ2n) is 16.1. The first-order valence-corrected chi connectivity index (χ1v) is 20.2. The van der Waals surface area contributed by atoms with E-state index in [2.05, 4.69) is 164 Å². The molecule has 0 atom stereocenters. The second kappa shape index (κ2) is 14.6. The summed E-state index contributed by atoms with van der Waals surface area (Å²) < 4.78 is 0. The van der Waals surface area contributed by atoms with Crippen molar-refractivity contribution in [1.82, 2.24) is 19.9 Å². The third-order valence-corrected chi connectivity index (χ3v) is 11.7. The molecule has 2 aromatic heterocycles. The molecule has 282 valence electrons. The van der Waals surface area contributed by atoms with E-state index in [0.717, 1.165) is 55.9 Å². The summed E-state index contributed by atoms with van der Waals surface area (Å²) in [6.45, 7) is 8.74. The standard InChI is InChI=1S/C55H42N4/c1-35-29-44(30-36(2)56-35)39-23-19-37(20-24-39)38-21-25-40(26-22-38)45-31-46(43-27-28-51-49(34-43)48-17-11-12-18-50(48)55(51,3)4)33-47(32-45)54-58-52(41-13-7-5-8-14-41)57-53(59-54)42-15-9-6-10-16-42/h5-34H,1-4H3. The smallest absolute Gasteiger partial charge is 0.164 e. The highest BCUT2D eigenvalue weighted by atomic mass is 15.0. The average molecular weight is 759 g/mol. The molecule has 0 amide bonds. The van der Waals surface area contributed by atoms with Crippen molar-refractivity contribution in [1.29, 1.82) is 0 Å². The molecule has 1 aliphatic rings. The molecule has 0 fully saturated rings. The Morgan fingerprint density at radius 2 is 0.678 bits per heavy atom. The molecule has 59 heavy (non-hydrogen) atoms. The Bertz CT molecular complexity index is 2930. The van der Waals surface area contributed by atoms with Crippen LogP contribution in [-0.2, 0) is 5.41 Å². The van der Waals surface area contributed by atoms with Crippen LogP contribution in [0.15, 0.2) is 182 Å². The van der Waals surface area contributed by atoms with Gasteiger partial charge in [0.2, 0.25) is 0 Å². The fourth-order valence-electron chi connectivity index (χ4n) is 8.64. The van der Waals surface area contributed by atoms with Gasteiger partial charge in [-0.15, -0.1) is 0 Å². The van der Waals surface area contributed by atoms with Gasteiger partial charge in [-0.05, 0) is 117 Å². The molecular weight excluding hydrogens is 717 g/mol. The maximum atomic E-state index is 5.14. The molecule has 0 saturated carbocycles. The minimum Gasteiger partial charge on any atom is -0.258 e. The Hall–Kier alpha value is -7.30. The van der Waals surface area contributed by atoms with Gasteiger partial charge in [-0.2, -0.15) is 0 Å². The molecular formula is C55H42N4. The predicted octanol–water partition coefficient (Wildman–Crippen LogP) is 13.9. The number of aromatic nitrogens is 4. The first-order chi connectivity index (χ1) is 28.8. The predicted molar refractivity (Wildman–Crippen MR) is 243 cm³/mol. The quantitative estimate of drug-likeness (QED) is 0.162. The van der Waals surface area contributed by atoms with Crippen LogP contribution in [0.1, 0.15) is 36.4 Å². The van der Waals surface area contributed by atoms with E-state index in [4.69, 9.17) is 15.0 Å². The van der Waals surface area contributed by atoms with Crippen molar-refractivity contribution in [2.75, 3.05) is 0 Å². The van der Waals surface area contributed by atoms with Gasteiger partial charge in [-0.1, -0.05) is 159 Å². The third-order valence-electron chi connectivity index (χ3n) is 11.7. The molecule has 0 radical (unpaired) electrons. The lowest BCUT2D eigenvalue weighted by molar-refractivity contribution is 0.660. The maximum absolute atomic E-state index is 5.14. The van der Waals surface area contributed by atoms with Gasteiger partial charge < -0.3 is 0 Å². The van der Waals surface area contributed by atoms with Crippen LogP contribution >= 0.6 is 0 Å². The molecule has 0 saturated heterocycles. The van der Waals surface area contributed by atoms with Gasteiger partial charge in [-0.3, -0.25) is 4.98 Å². The summed E-state index contributed by atoms with van der Waals surface area (Å²) in [5, 5.41) is 0. The summed E-state index contributed by atoms with van der Waals surface area (Å²) in [4.78, 5) is 19.8. The first kappa shape index (κ1) is 36.1. The van der Waals surface area contributed by atoms with Gasteiger partial charge in [-0.25, -0.2) is 15.0 Å². The zero-order valence-corrected chi connectivity index (χ0v) is 33.6. The van der Waals surface area contributed by atoms with Crippen LogP contribution in [0.4, 0.5) is 0 Å². The Morgan fingerprint density at radius 1 is 0.288 bits per heavy atom. The molecule has 9 aromatic rings. The fourth-order valence-corrected chi connectivity index (χ4v) is 8.64. The van der Waals surface area contributed by atoms with Gasteiger partial charge in [0.1, 0.15) is 0 Å². The van der Waals surface area contributed by atoms with Gasteiger partial charge in [0.05, 0.1) is 0 Å². The topological polar surface area (TPSA) is 51.6 Å². The second-order valence-corrected chi connectivity index (χ2v) is 16.1. The van der Waals surface area contributed by atoms with Crippen LogP contribution in [0.3, 0.4) is 0 Å². The van der Waals surface area contributed by atoms with E-state index in [1.165, 1.54) is 38.9 Å². The van der Waals surface area contributed by atoms with Crippen LogP contribution in [0, 0.1) is 13.8 Å². The molecule has 0 bridgehead atoms. The zero-order chi connectivity index (χ0) is 40.1. The van der Waals surface area contributed by atoms with Crippen LogP contribution in [0.2, 0.25) is 0 Å². The Labute approximate surface area is 346 Å². The van der Waals surface area contributed by atoms with E-state index in [-0.39, 0.29) is 5.41 Å². The van der Waals surface area contributed by atoms with E-state index < -0.39 is 0 Å². The van der Waals surface area contributed by atoms with E-state index in [1.807, 2.05) is 50.2 Å². The number of benzene rings is 7. The van der Waals surface area contributed by atoms with Crippen molar-refractivity contribution in [2.45, 2.75) is 33.1 Å². The lowest BCUT2D eigenvalue weighted by Gasteiger charge is -2.21. The highest BCUT2D eigenvalue weighted by Gasteiger charge is 2.35. The molecule has 0 unspecified atom stereocenters. The Kier molecular flexibility index (Phi) is 8.91. The zero-order valence-electron chi connectivity index (χ0n) is 33.6.